The summed E-state index contributed by atoms with van der Waals surface area (Å²) in [6.45, 7) is 2.10. The first-order chi connectivity index (χ1) is 13.2. The molecular formula is C20H22N6S. The maximum Gasteiger partial charge on any atom is 0.228 e. The molecule has 2 aromatic carbocycles. The lowest BCUT2D eigenvalue weighted by Gasteiger charge is -2.13. The van der Waals surface area contributed by atoms with E-state index >= 15 is 0 Å². The summed E-state index contributed by atoms with van der Waals surface area (Å²) in [5.74, 6) is 0.580. The van der Waals surface area contributed by atoms with Crippen molar-refractivity contribution in [3.63, 3.8) is 0 Å². The number of aromatic nitrogens is 2. The highest BCUT2D eigenvalue weighted by molar-refractivity contribution is 7.99. The van der Waals surface area contributed by atoms with Crippen LogP contribution < -0.4 is 21.7 Å². The molecule has 6 nitrogen and oxygen atoms in total. The van der Waals surface area contributed by atoms with Crippen molar-refractivity contribution in [2.45, 2.75) is 22.4 Å². The van der Waals surface area contributed by atoms with Gasteiger partial charge in [0.15, 0.2) is 0 Å². The standard InChI is InChI=1S/C20H22N6S/c21-14-1-7-18(8-2-14)27-19-10-12-23-20(26-19)25-16-5-3-15(4-6-16)24-17-9-11-22-13-17/h1-8,10,12,17,22,24H,9,11,13,21H2,(H,23,25,26). The molecule has 3 aromatic rings. The maximum absolute atomic E-state index is 5.73. The Balaban J connectivity index is 1.39. The molecule has 1 unspecified atom stereocenters. The number of nitrogens with zero attached hydrogens (tertiary/aromatic N) is 2. The number of nitrogens with one attached hydrogen (secondary N) is 3. The molecule has 5 N–H and O–H groups in total. The number of rotatable bonds is 6. The van der Waals surface area contributed by atoms with Crippen LogP contribution in [0.5, 0.6) is 0 Å². The molecular weight excluding hydrogens is 356 g/mol. The minimum atomic E-state index is 0.509. The number of benzene rings is 2. The summed E-state index contributed by atoms with van der Waals surface area (Å²) in [6.07, 6.45) is 2.92. The van der Waals surface area contributed by atoms with Gasteiger partial charge in [-0.15, -0.1) is 0 Å². The van der Waals surface area contributed by atoms with Crippen molar-refractivity contribution in [1.82, 2.24) is 15.3 Å². The molecule has 0 radical (unpaired) electrons. The van der Waals surface area contributed by atoms with Crippen LogP contribution >= 0.6 is 11.8 Å². The van der Waals surface area contributed by atoms with Crippen LogP contribution in [-0.2, 0) is 0 Å². The Hall–Kier alpha value is -2.77. The van der Waals surface area contributed by atoms with Crippen LogP contribution in [0.3, 0.4) is 0 Å². The van der Waals surface area contributed by atoms with E-state index in [1.54, 1.807) is 18.0 Å². The fourth-order valence-electron chi connectivity index (χ4n) is 2.91. The molecule has 2 heterocycles. The van der Waals surface area contributed by atoms with Gasteiger partial charge in [-0.3, -0.25) is 0 Å². The molecule has 1 fully saturated rings. The SMILES string of the molecule is Nc1ccc(Sc2ccnc(Nc3ccc(NC4CCNC4)cc3)n2)cc1. The van der Waals surface area contributed by atoms with E-state index in [2.05, 4.69) is 38.1 Å². The minimum Gasteiger partial charge on any atom is -0.399 e. The smallest absolute Gasteiger partial charge is 0.228 e. The Kier molecular flexibility index (Phi) is 5.41. The second-order valence-electron chi connectivity index (χ2n) is 6.43. The molecule has 1 saturated heterocycles. The molecule has 138 valence electrons. The fraction of sp³-hybridized carbons (Fsp3) is 0.200. The molecule has 1 aromatic heterocycles. The number of nitrogens with two attached hydrogens (primary N) is 1. The van der Waals surface area contributed by atoms with Gasteiger partial charge in [-0.1, -0.05) is 11.8 Å². The fourth-order valence-corrected chi connectivity index (χ4v) is 3.68. The van der Waals surface area contributed by atoms with Gasteiger partial charge in [-0.05, 0) is 67.6 Å². The topological polar surface area (TPSA) is 87.9 Å². The summed E-state index contributed by atoms with van der Waals surface area (Å²) in [4.78, 5) is 9.98. The third-order valence-corrected chi connectivity index (χ3v) is 5.25. The Morgan fingerprint density at radius 2 is 1.78 bits per heavy atom. The van der Waals surface area contributed by atoms with Crippen molar-refractivity contribution >= 4 is 34.8 Å². The summed E-state index contributed by atoms with van der Waals surface area (Å²) in [5.41, 5.74) is 8.58. The lowest BCUT2D eigenvalue weighted by molar-refractivity contribution is 0.793. The van der Waals surface area contributed by atoms with E-state index in [4.69, 9.17) is 5.73 Å². The van der Waals surface area contributed by atoms with Crippen LogP contribution in [0, 0.1) is 0 Å². The molecule has 0 bridgehead atoms. The van der Waals surface area contributed by atoms with E-state index in [0.29, 0.717) is 12.0 Å². The Morgan fingerprint density at radius 1 is 1.00 bits per heavy atom. The highest BCUT2D eigenvalue weighted by atomic mass is 32.2. The van der Waals surface area contributed by atoms with Gasteiger partial charge in [0.25, 0.3) is 0 Å². The highest BCUT2D eigenvalue weighted by Crippen LogP contribution is 2.27. The normalized spacial score (nSPS) is 16.2. The zero-order valence-corrected chi connectivity index (χ0v) is 15.7. The van der Waals surface area contributed by atoms with Crippen molar-refractivity contribution in [2.75, 3.05) is 29.5 Å². The van der Waals surface area contributed by atoms with Gasteiger partial charge >= 0.3 is 0 Å². The van der Waals surface area contributed by atoms with Crippen molar-refractivity contribution in [2.24, 2.45) is 0 Å². The molecule has 7 heteroatoms. The molecule has 4 rings (SSSR count). The monoisotopic (exact) mass is 378 g/mol. The summed E-state index contributed by atoms with van der Waals surface area (Å²) in [5, 5.41) is 11.0. The third-order valence-electron chi connectivity index (χ3n) is 4.30. The lowest BCUT2D eigenvalue weighted by Crippen LogP contribution is -2.21. The van der Waals surface area contributed by atoms with Crippen molar-refractivity contribution in [1.29, 1.82) is 0 Å². The number of hydrogen-bond acceptors (Lipinski definition) is 7. The quantitative estimate of drug-likeness (QED) is 0.384. The van der Waals surface area contributed by atoms with E-state index in [9.17, 15) is 0 Å². The van der Waals surface area contributed by atoms with Gasteiger partial charge in [0, 0.05) is 40.7 Å². The van der Waals surface area contributed by atoms with Crippen LogP contribution in [0.15, 0.2) is 70.7 Å². The first-order valence-corrected chi connectivity index (χ1v) is 9.77. The molecule has 1 aliphatic heterocycles. The van der Waals surface area contributed by atoms with Gasteiger partial charge < -0.3 is 21.7 Å². The van der Waals surface area contributed by atoms with E-state index < -0.39 is 0 Å². The maximum atomic E-state index is 5.73. The van der Waals surface area contributed by atoms with Crippen LogP contribution in [0.1, 0.15) is 6.42 Å². The molecule has 0 spiro atoms. The van der Waals surface area contributed by atoms with Crippen LogP contribution in [0.25, 0.3) is 0 Å². The largest absolute Gasteiger partial charge is 0.399 e. The van der Waals surface area contributed by atoms with Gasteiger partial charge in [0.2, 0.25) is 5.95 Å². The Labute approximate surface area is 163 Å². The van der Waals surface area contributed by atoms with Gasteiger partial charge in [-0.2, -0.15) is 0 Å². The Morgan fingerprint density at radius 3 is 2.52 bits per heavy atom. The molecule has 0 amide bonds. The summed E-state index contributed by atoms with van der Waals surface area (Å²) in [7, 11) is 0. The molecule has 1 atom stereocenters. The molecule has 27 heavy (non-hydrogen) atoms. The van der Waals surface area contributed by atoms with Crippen molar-refractivity contribution in [3.8, 4) is 0 Å². The van der Waals surface area contributed by atoms with Crippen LogP contribution in [-0.4, -0.2) is 29.1 Å². The molecule has 0 aliphatic carbocycles. The zero-order valence-electron chi connectivity index (χ0n) is 14.9. The van der Waals surface area contributed by atoms with Gasteiger partial charge in [0.1, 0.15) is 5.03 Å². The van der Waals surface area contributed by atoms with E-state index in [0.717, 1.165) is 46.5 Å². The van der Waals surface area contributed by atoms with Crippen molar-refractivity contribution in [3.05, 3.63) is 60.8 Å². The average Bonchev–Trinajstić information content (AvgIpc) is 3.19. The highest BCUT2D eigenvalue weighted by Gasteiger charge is 2.13. The number of hydrogen-bond donors (Lipinski definition) is 4. The Bertz CT molecular complexity index is 876. The molecule has 0 saturated carbocycles. The summed E-state index contributed by atoms with van der Waals surface area (Å²) in [6, 6.07) is 18.4. The average molecular weight is 379 g/mol. The number of nitrogen functional groups attached to an aromatic ring is 1. The second-order valence-corrected chi connectivity index (χ2v) is 7.52. The van der Waals surface area contributed by atoms with Gasteiger partial charge in [-0.25, -0.2) is 9.97 Å². The summed E-state index contributed by atoms with van der Waals surface area (Å²) >= 11 is 1.58. The first-order valence-electron chi connectivity index (χ1n) is 8.95. The second kappa shape index (κ2) is 8.28. The number of anilines is 4. The van der Waals surface area contributed by atoms with Crippen molar-refractivity contribution < 1.29 is 0 Å². The van der Waals surface area contributed by atoms with E-state index in [-0.39, 0.29) is 0 Å². The van der Waals surface area contributed by atoms with E-state index in [1.807, 2.05) is 42.5 Å². The van der Waals surface area contributed by atoms with Gasteiger partial charge in [0.05, 0.1) is 0 Å². The lowest BCUT2D eigenvalue weighted by atomic mass is 10.2. The predicted molar refractivity (Wildman–Crippen MR) is 112 cm³/mol. The first kappa shape index (κ1) is 17.6. The van der Waals surface area contributed by atoms with Crippen LogP contribution in [0.4, 0.5) is 23.0 Å². The minimum absolute atomic E-state index is 0.509. The third kappa shape index (κ3) is 4.90. The summed E-state index contributed by atoms with van der Waals surface area (Å²) < 4.78 is 0. The van der Waals surface area contributed by atoms with E-state index in [1.165, 1.54) is 0 Å². The molecule has 1 aliphatic rings. The predicted octanol–water partition coefficient (Wildman–Crippen LogP) is 3.73. The van der Waals surface area contributed by atoms with Crippen LogP contribution in [0.2, 0.25) is 0 Å². The zero-order chi connectivity index (χ0) is 18.5.